The Hall–Kier alpha value is -2.78. The molecular formula is C24H32ClN7O2. The van der Waals surface area contributed by atoms with Gasteiger partial charge in [0.15, 0.2) is 5.82 Å². The number of halogens is 1. The molecule has 1 aromatic heterocycles. The van der Waals surface area contributed by atoms with Gasteiger partial charge in [-0.2, -0.15) is 0 Å². The Bertz CT molecular complexity index is 1100. The van der Waals surface area contributed by atoms with Gasteiger partial charge in [-0.3, -0.25) is 0 Å². The molecule has 10 heteroatoms. The van der Waals surface area contributed by atoms with Gasteiger partial charge in [-0.05, 0) is 38.5 Å². The van der Waals surface area contributed by atoms with Crippen molar-refractivity contribution in [3.63, 3.8) is 0 Å². The number of anilines is 2. The lowest BCUT2D eigenvalue weighted by molar-refractivity contribution is 0.0963. The number of aromatic hydroxyl groups is 1. The molecule has 0 bridgehead atoms. The van der Waals surface area contributed by atoms with Gasteiger partial charge >= 0.3 is 6.03 Å². The number of para-hydroxylation sites is 1. The van der Waals surface area contributed by atoms with E-state index in [1.54, 1.807) is 18.2 Å². The number of rotatable bonds is 2. The monoisotopic (exact) mass is 485 g/mol. The Morgan fingerprint density at radius 1 is 1.29 bits per heavy atom. The van der Waals surface area contributed by atoms with Crippen molar-refractivity contribution in [2.75, 3.05) is 49.5 Å². The molecule has 1 aromatic carbocycles. The van der Waals surface area contributed by atoms with Crippen molar-refractivity contribution in [3.8, 4) is 17.0 Å². The molecule has 3 aliphatic rings. The third kappa shape index (κ3) is 3.80. The molecule has 182 valence electrons. The zero-order chi connectivity index (χ0) is 24.0. The lowest BCUT2D eigenvalue weighted by Gasteiger charge is -2.55. The Morgan fingerprint density at radius 2 is 2.12 bits per heavy atom. The molecule has 3 aliphatic heterocycles. The van der Waals surface area contributed by atoms with E-state index in [0.717, 1.165) is 31.0 Å². The van der Waals surface area contributed by atoms with E-state index >= 15 is 0 Å². The predicted molar refractivity (Wildman–Crippen MR) is 134 cm³/mol. The second kappa shape index (κ2) is 8.78. The number of carbonyl (C=O) groups excluding carboxylic acids is 1. The van der Waals surface area contributed by atoms with Crippen LogP contribution in [0.25, 0.3) is 11.3 Å². The fourth-order valence-corrected chi connectivity index (χ4v) is 5.56. The number of nitrogens with one attached hydrogen (secondary N) is 2. The number of urea groups is 1. The molecule has 2 aromatic rings. The van der Waals surface area contributed by atoms with E-state index < -0.39 is 0 Å². The number of hydrogen-bond donors (Lipinski definition) is 3. The van der Waals surface area contributed by atoms with Crippen LogP contribution < -0.4 is 15.5 Å². The van der Waals surface area contributed by atoms with Crippen molar-refractivity contribution in [2.24, 2.45) is 0 Å². The van der Waals surface area contributed by atoms with Crippen molar-refractivity contribution in [3.05, 3.63) is 29.3 Å². The predicted octanol–water partition coefficient (Wildman–Crippen LogP) is 3.00. The molecule has 2 saturated heterocycles. The molecule has 0 aliphatic carbocycles. The normalized spacial score (nSPS) is 26.5. The highest BCUT2D eigenvalue weighted by Gasteiger charge is 2.46. The maximum Gasteiger partial charge on any atom is 0.320 e. The first-order valence-corrected chi connectivity index (χ1v) is 12.4. The molecule has 0 spiro atoms. The fraction of sp³-hybridized carbons (Fsp3) is 0.542. The Labute approximate surface area is 205 Å². The number of phenols is 1. The summed E-state index contributed by atoms with van der Waals surface area (Å²) in [7, 11) is 0. The number of piperazine rings is 2. The molecule has 2 amide bonds. The van der Waals surface area contributed by atoms with E-state index in [2.05, 4.69) is 46.5 Å². The van der Waals surface area contributed by atoms with E-state index in [9.17, 15) is 9.90 Å². The fourth-order valence-electron chi connectivity index (χ4n) is 5.38. The molecule has 9 nitrogen and oxygen atoms in total. The summed E-state index contributed by atoms with van der Waals surface area (Å²) in [6.45, 7) is 10.6. The first kappa shape index (κ1) is 23.0. The molecule has 2 fully saturated rings. The third-order valence-corrected chi connectivity index (χ3v) is 7.81. The van der Waals surface area contributed by atoms with Crippen LogP contribution in [0.1, 0.15) is 27.2 Å². The van der Waals surface area contributed by atoms with Gasteiger partial charge in [-0.25, -0.2) is 4.79 Å². The second-order valence-corrected chi connectivity index (χ2v) is 10.1. The summed E-state index contributed by atoms with van der Waals surface area (Å²) < 4.78 is 0. The summed E-state index contributed by atoms with van der Waals surface area (Å²) in [5.41, 5.74) is 1.80. The lowest BCUT2D eigenvalue weighted by Crippen LogP contribution is -2.70. The standard InChI is InChI=1S/C24H32ClN7O2/c1-4-24-13-27-22-20(10-19(28-29-22)17-6-5-7-18(25)21(17)33)32(24)9-8-30(14-24)23(34)31-12-15(2)26-11-16(31)3/h5-7,10,15-16,26,33H,4,8-9,11-14H2,1-3H3,(H,27,29)/t15-,16+,24?/m0/s1. The van der Waals surface area contributed by atoms with Crippen LogP contribution in [0.4, 0.5) is 16.3 Å². The molecule has 4 heterocycles. The minimum absolute atomic E-state index is 0.00118. The number of amides is 2. The van der Waals surface area contributed by atoms with Crippen LogP contribution in [-0.2, 0) is 0 Å². The molecule has 0 saturated carbocycles. The van der Waals surface area contributed by atoms with Crippen LogP contribution in [0.2, 0.25) is 5.02 Å². The lowest BCUT2D eigenvalue weighted by atomic mass is 9.87. The first-order valence-electron chi connectivity index (χ1n) is 12.0. The van der Waals surface area contributed by atoms with Gasteiger partial charge in [0.1, 0.15) is 5.75 Å². The van der Waals surface area contributed by atoms with Crippen LogP contribution in [0.3, 0.4) is 0 Å². The zero-order valence-corrected chi connectivity index (χ0v) is 20.6. The van der Waals surface area contributed by atoms with E-state index in [1.807, 2.05) is 15.9 Å². The number of aromatic nitrogens is 2. The number of hydrogen-bond acceptors (Lipinski definition) is 7. The minimum Gasteiger partial charge on any atom is -0.506 e. The van der Waals surface area contributed by atoms with E-state index in [1.165, 1.54) is 0 Å². The van der Waals surface area contributed by atoms with Gasteiger partial charge in [0, 0.05) is 56.9 Å². The van der Waals surface area contributed by atoms with Crippen molar-refractivity contribution < 1.29 is 9.90 Å². The number of fused-ring (bicyclic) bond motifs is 3. The zero-order valence-electron chi connectivity index (χ0n) is 19.9. The highest BCUT2D eigenvalue weighted by Crippen LogP contribution is 2.42. The quantitative estimate of drug-likeness (QED) is 0.601. The maximum absolute atomic E-state index is 13.5. The van der Waals surface area contributed by atoms with Gasteiger partial charge < -0.3 is 30.4 Å². The SMILES string of the molecule is CCC12CNc3nnc(-c4cccc(Cl)c4O)cc3N1CCN(C(=O)N1C[C@H](C)NC[C@H]1C)C2. The molecule has 5 rings (SSSR count). The molecule has 3 atom stereocenters. The highest BCUT2D eigenvalue weighted by atomic mass is 35.5. The molecule has 34 heavy (non-hydrogen) atoms. The average Bonchev–Trinajstić information content (AvgIpc) is 2.86. The summed E-state index contributed by atoms with van der Waals surface area (Å²) in [5.74, 6) is 0.720. The number of benzene rings is 1. The van der Waals surface area contributed by atoms with Gasteiger partial charge in [-0.15, -0.1) is 10.2 Å². The summed E-state index contributed by atoms with van der Waals surface area (Å²) >= 11 is 6.13. The number of phenolic OH excluding ortho intramolecular Hbond substituents is 1. The molecule has 1 unspecified atom stereocenters. The van der Waals surface area contributed by atoms with Gasteiger partial charge in [0.05, 0.1) is 21.9 Å². The molecule has 3 N–H and O–H groups in total. The Morgan fingerprint density at radius 3 is 2.91 bits per heavy atom. The largest absolute Gasteiger partial charge is 0.506 e. The molecule has 0 radical (unpaired) electrons. The van der Waals surface area contributed by atoms with Gasteiger partial charge in [0.25, 0.3) is 0 Å². The van der Waals surface area contributed by atoms with Crippen LogP contribution in [-0.4, -0.2) is 88.0 Å². The summed E-state index contributed by atoms with van der Waals surface area (Å²) in [6, 6.07) is 7.77. The number of nitrogens with zero attached hydrogens (tertiary/aromatic N) is 5. The van der Waals surface area contributed by atoms with Crippen molar-refractivity contribution >= 4 is 29.1 Å². The summed E-state index contributed by atoms with van der Waals surface area (Å²) in [5, 5.41) is 26.4. The average molecular weight is 486 g/mol. The summed E-state index contributed by atoms with van der Waals surface area (Å²) in [6.07, 6.45) is 0.872. The van der Waals surface area contributed by atoms with Crippen molar-refractivity contribution in [2.45, 2.75) is 44.8 Å². The Balaban J connectivity index is 1.43. The number of carbonyl (C=O) groups is 1. The van der Waals surface area contributed by atoms with Gasteiger partial charge in [-0.1, -0.05) is 24.6 Å². The van der Waals surface area contributed by atoms with E-state index in [-0.39, 0.29) is 28.4 Å². The Kier molecular flexibility index (Phi) is 5.93. The minimum atomic E-state index is -0.250. The van der Waals surface area contributed by atoms with Crippen LogP contribution in [0.5, 0.6) is 5.75 Å². The van der Waals surface area contributed by atoms with Gasteiger partial charge in [0.2, 0.25) is 0 Å². The van der Waals surface area contributed by atoms with E-state index in [0.29, 0.717) is 43.5 Å². The molecular weight excluding hydrogens is 454 g/mol. The summed E-state index contributed by atoms with van der Waals surface area (Å²) in [4.78, 5) is 19.9. The smallest absolute Gasteiger partial charge is 0.320 e. The maximum atomic E-state index is 13.5. The first-order chi connectivity index (χ1) is 16.3. The van der Waals surface area contributed by atoms with Crippen LogP contribution in [0, 0.1) is 0 Å². The van der Waals surface area contributed by atoms with Crippen LogP contribution in [0.15, 0.2) is 24.3 Å². The van der Waals surface area contributed by atoms with Crippen molar-refractivity contribution in [1.29, 1.82) is 0 Å². The second-order valence-electron chi connectivity index (χ2n) is 9.70. The topological polar surface area (TPSA) is 96.9 Å². The van der Waals surface area contributed by atoms with E-state index in [4.69, 9.17) is 11.6 Å². The van der Waals surface area contributed by atoms with Crippen LogP contribution >= 0.6 is 11.6 Å². The third-order valence-electron chi connectivity index (χ3n) is 7.50. The van der Waals surface area contributed by atoms with Crippen molar-refractivity contribution in [1.82, 2.24) is 25.3 Å². The highest BCUT2D eigenvalue weighted by molar-refractivity contribution is 6.32.